The molecule has 1 aliphatic heterocycles. The number of carbonyl (C=O) groups is 1. The zero-order chi connectivity index (χ0) is 14.0. The maximum absolute atomic E-state index is 12.1. The number of nitrogens with one attached hydrogen (secondary N) is 2. The van der Waals surface area contributed by atoms with Gasteiger partial charge in [0.1, 0.15) is 5.60 Å². The summed E-state index contributed by atoms with van der Waals surface area (Å²) in [7, 11) is 0. The quantitative estimate of drug-likeness (QED) is 0.898. The average molecular weight is 272 g/mol. The number of para-hydroxylation sites is 1. The Morgan fingerprint density at radius 2 is 2.30 bits per heavy atom. The minimum Gasteiger partial charge on any atom is -0.365 e. The van der Waals surface area contributed by atoms with Crippen molar-refractivity contribution >= 4 is 16.8 Å². The molecule has 1 unspecified atom stereocenters. The van der Waals surface area contributed by atoms with Gasteiger partial charge in [-0.15, -0.1) is 0 Å². The van der Waals surface area contributed by atoms with E-state index >= 15 is 0 Å². The van der Waals surface area contributed by atoms with Crippen LogP contribution in [0.25, 0.3) is 10.9 Å². The van der Waals surface area contributed by atoms with E-state index in [1.54, 1.807) is 0 Å². The first-order valence-corrected chi connectivity index (χ1v) is 7.16. The van der Waals surface area contributed by atoms with Crippen LogP contribution in [0.3, 0.4) is 0 Å². The summed E-state index contributed by atoms with van der Waals surface area (Å²) >= 11 is 0. The van der Waals surface area contributed by atoms with Crippen molar-refractivity contribution in [3.05, 3.63) is 36.0 Å². The Morgan fingerprint density at radius 3 is 3.10 bits per heavy atom. The number of fused-ring (bicyclic) bond motifs is 1. The van der Waals surface area contributed by atoms with Crippen molar-refractivity contribution in [2.45, 2.75) is 31.8 Å². The van der Waals surface area contributed by atoms with Gasteiger partial charge in [-0.3, -0.25) is 4.79 Å². The summed E-state index contributed by atoms with van der Waals surface area (Å²) in [4.78, 5) is 15.4. The van der Waals surface area contributed by atoms with Crippen molar-refractivity contribution in [1.82, 2.24) is 10.3 Å². The Morgan fingerprint density at radius 1 is 1.45 bits per heavy atom. The van der Waals surface area contributed by atoms with Crippen LogP contribution in [0.4, 0.5) is 0 Å². The molecule has 1 atom stereocenters. The van der Waals surface area contributed by atoms with Gasteiger partial charge in [-0.1, -0.05) is 18.2 Å². The van der Waals surface area contributed by atoms with Gasteiger partial charge in [0, 0.05) is 30.3 Å². The fourth-order valence-corrected chi connectivity index (χ4v) is 2.79. The third-order valence-corrected chi connectivity index (χ3v) is 4.05. The highest BCUT2D eigenvalue weighted by Gasteiger charge is 2.37. The molecule has 2 heterocycles. The summed E-state index contributed by atoms with van der Waals surface area (Å²) in [5.41, 5.74) is 1.75. The molecular formula is C16H20N2O2. The van der Waals surface area contributed by atoms with Crippen LogP contribution in [0.2, 0.25) is 0 Å². The van der Waals surface area contributed by atoms with E-state index in [-0.39, 0.29) is 5.91 Å². The maximum atomic E-state index is 12.1. The minimum atomic E-state index is -0.625. The van der Waals surface area contributed by atoms with Crippen molar-refractivity contribution in [1.29, 1.82) is 0 Å². The molecule has 3 rings (SSSR count). The zero-order valence-corrected chi connectivity index (χ0v) is 11.7. The molecule has 2 aromatic rings. The van der Waals surface area contributed by atoms with Crippen molar-refractivity contribution in [3.8, 4) is 0 Å². The molecule has 1 saturated heterocycles. The Kier molecular flexibility index (Phi) is 3.49. The van der Waals surface area contributed by atoms with Gasteiger partial charge in [-0.25, -0.2) is 0 Å². The highest BCUT2D eigenvalue weighted by Crippen LogP contribution is 2.25. The molecule has 106 valence electrons. The molecule has 0 radical (unpaired) electrons. The summed E-state index contributed by atoms with van der Waals surface area (Å²) in [5.74, 6) is 0.00911. The van der Waals surface area contributed by atoms with E-state index in [1.807, 2.05) is 25.3 Å². The van der Waals surface area contributed by atoms with Crippen molar-refractivity contribution < 1.29 is 9.53 Å². The number of ether oxygens (including phenoxy) is 1. The topological polar surface area (TPSA) is 54.1 Å². The summed E-state index contributed by atoms with van der Waals surface area (Å²) in [5, 5.41) is 4.22. The molecule has 20 heavy (non-hydrogen) atoms. The number of benzene rings is 1. The van der Waals surface area contributed by atoms with Crippen molar-refractivity contribution in [2.75, 3.05) is 13.2 Å². The highest BCUT2D eigenvalue weighted by molar-refractivity contribution is 5.85. The van der Waals surface area contributed by atoms with Gasteiger partial charge in [0.2, 0.25) is 0 Å². The van der Waals surface area contributed by atoms with E-state index in [9.17, 15) is 4.79 Å². The van der Waals surface area contributed by atoms with Gasteiger partial charge in [-0.2, -0.15) is 0 Å². The number of carbonyl (C=O) groups excluding carboxylic acids is 1. The van der Waals surface area contributed by atoms with Crippen LogP contribution in [0, 0.1) is 0 Å². The largest absolute Gasteiger partial charge is 0.365 e. The predicted molar refractivity (Wildman–Crippen MR) is 78.6 cm³/mol. The van der Waals surface area contributed by atoms with Crippen LogP contribution >= 0.6 is 0 Å². The molecule has 0 saturated carbocycles. The number of rotatable bonds is 4. The first-order chi connectivity index (χ1) is 9.69. The third-order valence-electron chi connectivity index (χ3n) is 4.05. The average Bonchev–Trinajstić information content (AvgIpc) is 3.07. The molecule has 0 bridgehead atoms. The monoisotopic (exact) mass is 272 g/mol. The molecule has 0 spiro atoms. The number of amides is 1. The van der Waals surface area contributed by atoms with Crippen molar-refractivity contribution in [2.24, 2.45) is 0 Å². The van der Waals surface area contributed by atoms with Gasteiger partial charge in [0.05, 0.1) is 0 Å². The number of aromatic nitrogens is 1. The van der Waals surface area contributed by atoms with Crippen LogP contribution in [0.15, 0.2) is 30.5 Å². The van der Waals surface area contributed by atoms with Gasteiger partial charge < -0.3 is 15.0 Å². The smallest absolute Gasteiger partial charge is 0.251 e. The minimum absolute atomic E-state index is 0.00911. The van der Waals surface area contributed by atoms with Crippen LogP contribution in [-0.2, 0) is 16.0 Å². The van der Waals surface area contributed by atoms with E-state index in [4.69, 9.17) is 4.74 Å². The number of hydrogen-bond donors (Lipinski definition) is 2. The van der Waals surface area contributed by atoms with E-state index in [2.05, 4.69) is 22.4 Å². The second kappa shape index (κ2) is 5.29. The molecule has 1 aliphatic rings. The summed E-state index contributed by atoms with van der Waals surface area (Å²) < 4.78 is 5.54. The van der Waals surface area contributed by atoms with Gasteiger partial charge in [0.25, 0.3) is 5.91 Å². The van der Waals surface area contributed by atoms with Gasteiger partial charge in [-0.05, 0) is 37.8 Å². The lowest BCUT2D eigenvalue weighted by molar-refractivity contribution is -0.139. The highest BCUT2D eigenvalue weighted by atomic mass is 16.5. The van der Waals surface area contributed by atoms with Crippen molar-refractivity contribution in [3.63, 3.8) is 0 Å². The van der Waals surface area contributed by atoms with Gasteiger partial charge in [0.15, 0.2) is 0 Å². The van der Waals surface area contributed by atoms with Crippen LogP contribution in [0.5, 0.6) is 0 Å². The fraction of sp³-hybridized carbons (Fsp3) is 0.438. The second-order valence-corrected chi connectivity index (χ2v) is 5.55. The van der Waals surface area contributed by atoms with E-state index in [0.717, 1.165) is 24.8 Å². The lowest BCUT2D eigenvalue weighted by Gasteiger charge is -2.21. The third kappa shape index (κ3) is 2.43. The lowest BCUT2D eigenvalue weighted by atomic mass is 10.0. The Balaban J connectivity index is 1.59. The lowest BCUT2D eigenvalue weighted by Crippen LogP contribution is -2.44. The Labute approximate surface area is 118 Å². The first kappa shape index (κ1) is 13.2. The Hall–Kier alpha value is -1.81. The molecule has 1 aromatic carbocycles. The summed E-state index contributed by atoms with van der Waals surface area (Å²) in [6.07, 6.45) is 4.62. The van der Waals surface area contributed by atoms with Crippen LogP contribution in [-0.4, -0.2) is 29.6 Å². The standard InChI is InChI=1S/C16H20N2O2/c1-16(8-4-10-20-16)15(19)17-9-7-12-11-18-14-6-3-2-5-13(12)14/h2-3,5-6,11,18H,4,7-10H2,1H3,(H,17,19). The Bertz CT molecular complexity index is 612. The fourth-order valence-electron chi connectivity index (χ4n) is 2.79. The predicted octanol–water partition coefficient (Wildman–Crippen LogP) is 2.40. The molecule has 1 fully saturated rings. The molecule has 0 aliphatic carbocycles. The number of hydrogen-bond acceptors (Lipinski definition) is 2. The SMILES string of the molecule is CC1(C(=O)NCCc2c[nH]c3ccccc23)CCCO1. The molecule has 4 nitrogen and oxygen atoms in total. The molecule has 4 heteroatoms. The first-order valence-electron chi connectivity index (χ1n) is 7.16. The maximum Gasteiger partial charge on any atom is 0.251 e. The van der Waals surface area contributed by atoms with Crippen LogP contribution in [0.1, 0.15) is 25.3 Å². The molecule has 1 amide bonds. The van der Waals surface area contributed by atoms with E-state index in [1.165, 1.54) is 10.9 Å². The normalized spacial score (nSPS) is 22.2. The number of H-pyrrole nitrogens is 1. The molecule has 2 N–H and O–H groups in total. The van der Waals surface area contributed by atoms with Crippen LogP contribution < -0.4 is 5.32 Å². The molecule has 1 aromatic heterocycles. The second-order valence-electron chi connectivity index (χ2n) is 5.55. The summed E-state index contributed by atoms with van der Waals surface area (Å²) in [6.45, 7) is 3.20. The summed E-state index contributed by atoms with van der Waals surface area (Å²) in [6, 6.07) is 8.21. The number of aromatic amines is 1. The van der Waals surface area contributed by atoms with E-state index in [0.29, 0.717) is 13.2 Å². The van der Waals surface area contributed by atoms with E-state index < -0.39 is 5.60 Å². The van der Waals surface area contributed by atoms with Gasteiger partial charge >= 0.3 is 0 Å². The zero-order valence-electron chi connectivity index (χ0n) is 11.7. The molecular weight excluding hydrogens is 252 g/mol.